The Hall–Kier alpha value is -10.7. The Bertz CT molecular complexity index is 4750. The molecule has 0 radical (unpaired) electrons. The van der Waals surface area contributed by atoms with Gasteiger partial charge in [0.05, 0.1) is 64.0 Å². The van der Waals surface area contributed by atoms with Crippen molar-refractivity contribution in [1.29, 1.82) is 0 Å². The number of hydrogen-bond donors (Lipinski definition) is 0. The molecule has 12 aromatic rings. The van der Waals surface area contributed by atoms with Crippen LogP contribution in [0, 0.1) is 0 Å². The van der Waals surface area contributed by atoms with Crippen molar-refractivity contribution in [1.82, 2.24) is 0 Å². The first-order valence-electron chi connectivity index (χ1n) is 27.7. The van der Waals surface area contributed by atoms with Gasteiger partial charge in [0.15, 0.2) is 57.5 Å². The molecule has 0 aliphatic heterocycles. The molecule has 13 heteroatoms. The van der Waals surface area contributed by atoms with Crippen molar-refractivity contribution in [3.05, 3.63) is 164 Å². The zero-order chi connectivity index (χ0) is 60.1. The summed E-state index contributed by atoms with van der Waals surface area (Å²) in [4.78, 5) is 25.1. The number of esters is 2. The summed E-state index contributed by atoms with van der Waals surface area (Å²) in [5.41, 5.74) is 6.82. The molecule has 0 N–H and O–H groups in total. The van der Waals surface area contributed by atoms with Gasteiger partial charge in [0.1, 0.15) is 5.75 Å². The lowest BCUT2D eigenvalue weighted by molar-refractivity contribution is -0.132. The van der Waals surface area contributed by atoms with Gasteiger partial charge in [0.2, 0.25) is 0 Å². The van der Waals surface area contributed by atoms with Crippen LogP contribution in [0.3, 0.4) is 0 Å². The Labute approximate surface area is 496 Å². The normalized spacial score (nSPS) is 11.3. The molecule has 0 saturated heterocycles. The fraction of sp³-hybridized carbons (Fsp3) is 0.151. The van der Waals surface area contributed by atoms with Crippen LogP contribution in [0.15, 0.2) is 164 Å². The van der Waals surface area contributed by atoms with E-state index in [0.717, 1.165) is 75.8 Å². The quantitative estimate of drug-likeness (QED) is 0.0671. The van der Waals surface area contributed by atoms with Crippen molar-refractivity contribution in [3.63, 3.8) is 0 Å². The molecule has 0 fully saturated rings. The Balaban J connectivity index is 1.18. The van der Waals surface area contributed by atoms with E-state index in [4.69, 9.17) is 52.1 Å². The highest BCUT2D eigenvalue weighted by Gasteiger charge is 2.36. The maximum absolute atomic E-state index is 12.7. The van der Waals surface area contributed by atoms with Crippen LogP contribution in [0.5, 0.6) is 63.2 Å². The second kappa shape index (κ2) is 22.8. The highest BCUT2D eigenvalue weighted by Crippen LogP contribution is 2.64. The van der Waals surface area contributed by atoms with Gasteiger partial charge >= 0.3 is 11.9 Å². The number of carbonyl (C=O) groups is 2. The summed E-state index contributed by atoms with van der Waals surface area (Å²) in [5, 5.41) is 9.80. The SMILES string of the molecule is COc1c(OC(C)=O)cc2ccccc2c1-c1c(OC)c(OC)c(-c2c(OC)c(OC)c(-c3c(OC)c(OC)c(-c4c(OC)c(OC)c(-c5cc(OC(C)=O)cc6ccccc56)c5ccccc45)c4ccccc34)c3ccccc23)c2ccccc12. The number of benzene rings is 12. The lowest BCUT2D eigenvalue weighted by atomic mass is 9.82. The summed E-state index contributed by atoms with van der Waals surface area (Å²) in [6, 6.07) is 53.6. The second-order valence-electron chi connectivity index (χ2n) is 20.3. The van der Waals surface area contributed by atoms with Gasteiger partial charge in [0, 0.05) is 63.9 Å². The van der Waals surface area contributed by atoms with Gasteiger partial charge in [-0.25, -0.2) is 0 Å². The van der Waals surface area contributed by atoms with Crippen molar-refractivity contribution in [2.45, 2.75) is 13.8 Å². The summed E-state index contributed by atoms with van der Waals surface area (Å²) in [6.45, 7) is 2.75. The predicted octanol–water partition coefficient (Wildman–Crippen LogP) is 16.9. The van der Waals surface area contributed by atoms with Crippen molar-refractivity contribution in [2.24, 2.45) is 0 Å². The smallest absolute Gasteiger partial charge is 0.308 e. The number of fused-ring (bicyclic) bond motifs is 6. The van der Waals surface area contributed by atoms with E-state index in [1.54, 1.807) is 70.1 Å². The van der Waals surface area contributed by atoms with Gasteiger partial charge in [-0.2, -0.15) is 0 Å². The van der Waals surface area contributed by atoms with Crippen LogP contribution in [-0.2, 0) is 9.59 Å². The van der Waals surface area contributed by atoms with Gasteiger partial charge in [-0.1, -0.05) is 146 Å². The maximum atomic E-state index is 12.7. The minimum Gasteiger partial charge on any atom is -0.492 e. The third-order valence-corrected chi connectivity index (χ3v) is 15.9. The summed E-state index contributed by atoms with van der Waals surface area (Å²) in [5.74, 6) is 3.31. The van der Waals surface area contributed by atoms with Crippen molar-refractivity contribution < 1.29 is 61.7 Å². The monoisotopic (exact) mass is 1140 g/mol. The highest BCUT2D eigenvalue weighted by molar-refractivity contribution is 6.25. The number of rotatable bonds is 16. The van der Waals surface area contributed by atoms with Crippen LogP contribution in [0.4, 0.5) is 0 Å². The number of ether oxygens (including phenoxy) is 11. The van der Waals surface area contributed by atoms with Crippen molar-refractivity contribution in [3.8, 4) is 119 Å². The molecule has 0 aliphatic carbocycles. The standard InChI is InChI=1S/C73H60O13/c1-39(74)85-43-36-41-24-12-14-26-44(41)54(38-43)56-46-28-16-17-29-47(46)59(67(78-5)66(56)77-4)60-50-32-20-21-33-51(50)63(71(82-9)70(60)81-8)64-53-35-23-22-34-52(53)62(72(83-10)73(64)84-11)61-49-31-19-18-30-48(49)58(68(79-6)69(61)80-7)57-45-27-15-13-25-42(45)37-55(65(57)76-3)86-40(2)75/h12-38H,1-11H3. The van der Waals surface area contributed by atoms with Crippen LogP contribution >= 0.6 is 0 Å². The molecule has 12 rings (SSSR count). The Morgan fingerprint density at radius 2 is 0.500 bits per heavy atom. The van der Waals surface area contributed by atoms with E-state index < -0.39 is 11.9 Å². The van der Waals surface area contributed by atoms with Gasteiger partial charge in [-0.3, -0.25) is 9.59 Å². The Kier molecular flexibility index (Phi) is 14.8. The minimum atomic E-state index is -0.498. The fourth-order valence-electron chi connectivity index (χ4n) is 12.8. The molecule has 0 amide bonds. The highest BCUT2D eigenvalue weighted by atomic mass is 16.6. The average Bonchev–Trinajstić information content (AvgIpc) is 0.741. The second-order valence-corrected chi connectivity index (χ2v) is 20.3. The molecule has 12 aromatic carbocycles. The Morgan fingerprint density at radius 1 is 0.256 bits per heavy atom. The molecular weight excluding hydrogens is 1080 g/mol. The number of carbonyl (C=O) groups excluding carboxylic acids is 2. The molecule has 0 saturated carbocycles. The first-order valence-corrected chi connectivity index (χ1v) is 27.7. The van der Waals surface area contributed by atoms with Gasteiger partial charge < -0.3 is 52.1 Å². The van der Waals surface area contributed by atoms with E-state index in [-0.39, 0.29) is 5.75 Å². The molecule has 0 unspecified atom stereocenters. The van der Waals surface area contributed by atoms with E-state index in [9.17, 15) is 9.59 Å². The molecule has 0 aliphatic rings. The summed E-state index contributed by atoms with van der Waals surface area (Å²) in [7, 11) is 14.5. The van der Waals surface area contributed by atoms with Gasteiger partial charge in [0.25, 0.3) is 0 Å². The molecular formula is C73H60O13. The largest absolute Gasteiger partial charge is 0.492 e. The molecule has 430 valence electrons. The summed E-state index contributed by atoms with van der Waals surface area (Å²) >= 11 is 0. The van der Waals surface area contributed by atoms with E-state index in [1.165, 1.54) is 13.8 Å². The summed E-state index contributed by atoms with van der Waals surface area (Å²) in [6.07, 6.45) is 0. The molecule has 0 aromatic heterocycles. The van der Waals surface area contributed by atoms with E-state index in [1.807, 2.05) is 121 Å². The number of hydrogen-bond acceptors (Lipinski definition) is 13. The van der Waals surface area contributed by atoms with Gasteiger partial charge in [-0.05, 0) is 88.4 Å². The number of methoxy groups -OCH3 is 9. The van der Waals surface area contributed by atoms with Crippen LogP contribution < -0.4 is 52.1 Å². The molecule has 86 heavy (non-hydrogen) atoms. The lowest BCUT2D eigenvalue weighted by Gasteiger charge is -2.28. The van der Waals surface area contributed by atoms with Crippen molar-refractivity contribution in [2.75, 3.05) is 64.0 Å². The molecule has 13 nitrogen and oxygen atoms in total. The van der Waals surface area contributed by atoms with Crippen LogP contribution in [0.2, 0.25) is 0 Å². The molecule has 0 spiro atoms. The minimum absolute atomic E-state index is 0.253. The third kappa shape index (κ3) is 8.76. The van der Waals surface area contributed by atoms with Crippen LogP contribution in [-0.4, -0.2) is 75.9 Å². The fourth-order valence-corrected chi connectivity index (χ4v) is 12.8. The molecule has 0 bridgehead atoms. The maximum Gasteiger partial charge on any atom is 0.308 e. The zero-order valence-corrected chi connectivity index (χ0v) is 49.4. The van der Waals surface area contributed by atoms with Crippen molar-refractivity contribution >= 4 is 76.6 Å². The third-order valence-electron chi connectivity index (χ3n) is 15.9. The Morgan fingerprint density at radius 3 is 0.802 bits per heavy atom. The first kappa shape index (κ1) is 55.9. The van der Waals surface area contributed by atoms with Crippen LogP contribution in [0.1, 0.15) is 13.8 Å². The average molecular weight is 1150 g/mol. The summed E-state index contributed by atoms with van der Waals surface area (Å²) < 4.78 is 70.8. The molecule has 0 heterocycles. The van der Waals surface area contributed by atoms with Gasteiger partial charge in [-0.15, -0.1) is 0 Å². The van der Waals surface area contributed by atoms with E-state index in [0.29, 0.717) is 102 Å². The first-order chi connectivity index (χ1) is 42.0. The van der Waals surface area contributed by atoms with E-state index in [2.05, 4.69) is 36.4 Å². The zero-order valence-electron chi connectivity index (χ0n) is 49.4. The van der Waals surface area contributed by atoms with Crippen LogP contribution in [0.25, 0.3) is 120 Å². The molecule has 0 atom stereocenters. The lowest BCUT2D eigenvalue weighted by Crippen LogP contribution is -2.06. The predicted molar refractivity (Wildman–Crippen MR) is 340 cm³/mol. The topological polar surface area (TPSA) is 136 Å². The van der Waals surface area contributed by atoms with E-state index >= 15 is 0 Å².